The molecule has 0 saturated carbocycles. The van der Waals surface area contributed by atoms with Crippen LogP contribution >= 0.6 is 0 Å². The molecule has 1 amide bonds. The van der Waals surface area contributed by atoms with E-state index in [0.29, 0.717) is 23.5 Å². The number of nitrogens with one attached hydrogen (secondary N) is 2. The van der Waals surface area contributed by atoms with Crippen molar-refractivity contribution in [2.24, 2.45) is 0 Å². The molecule has 136 valence electrons. The summed E-state index contributed by atoms with van der Waals surface area (Å²) >= 11 is 0. The fraction of sp³-hybridized carbons (Fsp3) is 0.158. The first-order valence-electron chi connectivity index (χ1n) is 8.42. The minimum absolute atomic E-state index is 0.160. The fourth-order valence-electron chi connectivity index (χ4n) is 2.67. The normalized spacial score (nSPS) is 12.1. The molecule has 8 heteroatoms. The highest BCUT2D eigenvalue weighted by Crippen LogP contribution is 2.26. The van der Waals surface area contributed by atoms with Gasteiger partial charge in [-0.25, -0.2) is 0 Å². The molecule has 0 spiro atoms. The molecule has 0 saturated heterocycles. The topological polar surface area (TPSA) is 106 Å². The summed E-state index contributed by atoms with van der Waals surface area (Å²) in [5.74, 6) is 1.32. The molecule has 0 aliphatic carbocycles. The molecule has 4 rings (SSSR count). The molecule has 4 aromatic rings. The van der Waals surface area contributed by atoms with Crippen molar-refractivity contribution in [3.05, 3.63) is 54.4 Å². The SMILES string of the molecule is CC(=O)NC(C)c1nc(-c2ccc3nc(Oc4ccccc4)[nH]c3c2)no1. The Labute approximate surface area is 154 Å². The van der Waals surface area contributed by atoms with Crippen molar-refractivity contribution in [3.63, 3.8) is 0 Å². The van der Waals surface area contributed by atoms with Gasteiger partial charge in [0.15, 0.2) is 0 Å². The fourth-order valence-corrected chi connectivity index (χ4v) is 2.67. The second-order valence-electron chi connectivity index (χ2n) is 6.07. The summed E-state index contributed by atoms with van der Waals surface area (Å²) in [4.78, 5) is 23.1. The first kappa shape index (κ1) is 16.8. The van der Waals surface area contributed by atoms with E-state index in [4.69, 9.17) is 9.26 Å². The van der Waals surface area contributed by atoms with Crippen LogP contribution in [0.1, 0.15) is 25.8 Å². The number of hydrogen-bond acceptors (Lipinski definition) is 6. The van der Waals surface area contributed by atoms with E-state index < -0.39 is 0 Å². The summed E-state index contributed by atoms with van der Waals surface area (Å²) in [6.07, 6.45) is 0. The first-order valence-corrected chi connectivity index (χ1v) is 8.42. The van der Waals surface area contributed by atoms with Crippen molar-refractivity contribution >= 4 is 16.9 Å². The number of rotatable bonds is 5. The van der Waals surface area contributed by atoms with Crippen molar-refractivity contribution in [3.8, 4) is 23.1 Å². The molecule has 1 unspecified atom stereocenters. The average Bonchev–Trinajstić information content (AvgIpc) is 3.28. The number of carbonyl (C=O) groups is 1. The van der Waals surface area contributed by atoms with E-state index in [2.05, 4.69) is 25.4 Å². The number of aromatic amines is 1. The number of ether oxygens (including phenoxy) is 1. The van der Waals surface area contributed by atoms with Crippen molar-refractivity contribution in [1.29, 1.82) is 0 Å². The van der Waals surface area contributed by atoms with Gasteiger partial charge in [-0.05, 0) is 37.3 Å². The second-order valence-corrected chi connectivity index (χ2v) is 6.07. The summed E-state index contributed by atoms with van der Waals surface area (Å²) in [6.45, 7) is 3.22. The number of imidazole rings is 1. The molecular weight excluding hydrogens is 346 g/mol. The van der Waals surface area contributed by atoms with Gasteiger partial charge in [-0.1, -0.05) is 23.4 Å². The molecule has 0 aliphatic heterocycles. The lowest BCUT2D eigenvalue weighted by Crippen LogP contribution is -2.23. The van der Waals surface area contributed by atoms with Crippen molar-refractivity contribution in [1.82, 2.24) is 25.4 Å². The van der Waals surface area contributed by atoms with Crippen molar-refractivity contribution < 1.29 is 14.1 Å². The van der Waals surface area contributed by atoms with E-state index in [1.807, 2.05) is 48.5 Å². The van der Waals surface area contributed by atoms with Crippen LogP contribution in [0, 0.1) is 0 Å². The Hall–Kier alpha value is -3.68. The molecule has 0 bridgehead atoms. The Bertz CT molecular complexity index is 1090. The van der Waals surface area contributed by atoms with Gasteiger partial charge in [0.2, 0.25) is 17.6 Å². The van der Waals surface area contributed by atoms with Crippen LogP contribution in [0.4, 0.5) is 0 Å². The minimum atomic E-state index is -0.356. The Kier molecular flexibility index (Phi) is 4.29. The van der Waals surface area contributed by atoms with E-state index in [-0.39, 0.29) is 11.9 Å². The number of benzene rings is 2. The summed E-state index contributed by atoms with van der Waals surface area (Å²) in [5.41, 5.74) is 2.32. The van der Waals surface area contributed by atoms with Crippen LogP contribution in [-0.4, -0.2) is 26.0 Å². The minimum Gasteiger partial charge on any atom is -0.426 e. The number of nitrogens with zero attached hydrogens (tertiary/aromatic N) is 3. The summed E-state index contributed by atoms with van der Waals surface area (Å²) in [5, 5.41) is 6.71. The van der Waals surface area contributed by atoms with Crippen LogP contribution < -0.4 is 10.1 Å². The Morgan fingerprint density at radius 3 is 2.78 bits per heavy atom. The second kappa shape index (κ2) is 6.91. The quantitative estimate of drug-likeness (QED) is 0.561. The third-order valence-electron chi connectivity index (χ3n) is 3.91. The number of carbonyl (C=O) groups excluding carboxylic acids is 1. The van der Waals surface area contributed by atoms with E-state index in [1.54, 1.807) is 6.92 Å². The highest BCUT2D eigenvalue weighted by Gasteiger charge is 2.16. The first-order chi connectivity index (χ1) is 13.1. The summed E-state index contributed by atoms with van der Waals surface area (Å²) in [6, 6.07) is 15.1. The van der Waals surface area contributed by atoms with Crippen LogP contribution in [0.15, 0.2) is 53.1 Å². The van der Waals surface area contributed by atoms with Crippen LogP contribution in [-0.2, 0) is 4.79 Å². The number of amides is 1. The predicted octanol–water partition coefficient (Wildman–Crippen LogP) is 3.60. The lowest BCUT2D eigenvalue weighted by Gasteiger charge is -2.05. The molecule has 0 aliphatic rings. The van der Waals surface area contributed by atoms with Gasteiger partial charge < -0.3 is 19.6 Å². The maximum atomic E-state index is 11.2. The standard InChI is InChI=1S/C19H17N5O3/c1-11(20-12(2)25)18-23-17(24-27-18)13-8-9-15-16(10-13)22-19(21-15)26-14-6-4-3-5-7-14/h3-11H,1-2H3,(H,20,25)(H,21,22). The van der Waals surface area contributed by atoms with Gasteiger partial charge in [0, 0.05) is 12.5 Å². The maximum Gasteiger partial charge on any atom is 0.300 e. The molecule has 2 aromatic heterocycles. The van der Waals surface area contributed by atoms with Gasteiger partial charge in [-0.15, -0.1) is 0 Å². The van der Waals surface area contributed by atoms with Gasteiger partial charge in [0.05, 0.1) is 11.0 Å². The summed E-state index contributed by atoms with van der Waals surface area (Å²) in [7, 11) is 0. The van der Waals surface area contributed by atoms with Crippen molar-refractivity contribution in [2.75, 3.05) is 0 Å². The zero-order valence-electron chi connectivity index (χ0n) is 14.8. The number of fused-ring (bicyclic) bond motifs is 1. The van der Waals surface area contributed by atoms with Gasteiger partial charge >= 0.3 is 0 Å². The molecule has 0 radical (unpaired) electrons. The lowest BCUT2D eigenvalue weighted by molar-refractivity contribution is -0.119. The maximum absolute atomic E-state index is 11.2. The third kappa shape index (κ3) is 3.64. The highest BCUT2D eigenvalue weighted by molar-refractivity contribution is 5.81. The lowest BCUT2D eigenvalue weighted by atomic mass is 10.2. The molecular formula is C19H17N5O3. The largest absolute Gasteiger partial charge is 0.426 e. The highest BCUT2D eigenvalue weighted by atomic mass is 16.5. The number of aromatic nitrogens is 4. The smallest absolute Gasteiger partial charge is 0.300 e. The molecule has 1 atom stereocenters. The monoisotopic (exact) mass is 363 g/mol. The number of hydrogen-bond donors (Lipinski definition) is 2. The zero-order valence-corrected chi connectivity index (χ0v) is 14.8. The zero-order chi connectivity index (χ0) is 18.8. The molecule has 0 fully saturated rings. The Balaban J connectivity index is 1.58. The van der Waals surface area contributed by atoms with Gasteiger partial charge in [0.25, 0.3) is 6.01 Å². The van der Waals surface area contributed by atoms with E-state index >= 15 is 0 Å². The summed E-state index contributed by atoms with van der Waals surface area (Å²) < 4.78 is 11.0. The van der Waals surface area contributed by atoms with Gasteiger partial charge in [0.1, 0.15) is 11.8 Å². The van der Waals surface area contributed by atoms with Gasteiger partial charge in [-0.3, -0.25) is 4.79 Å². The van der Waals surface area contributed by atoms with Crippen LogP contribution in [0.5, 0.6) is 11.8 Å². The average molecular weight is 363 g/mol. The van der Waals surface area contributed by atoms with Crippen LogP contribution in [0.2, 0.25) is 0 Å². The molecule has 8 nitrogen and oxygen atoms in total. The Morgan fingerprint density at radius 1 is 1.19 bits per heavy atom. The van der Waals surface area contributed by atoms with E-state index in [1.165, 1.54) is 6.92 Å². The van der Waals surface area contributed by atoms with Crippen molar-refractivity contribution in [2.45, 2.75) is 19.9 Å². The molecule has 2 aromatic carbocycles. The predicted molar refractivity (Wildman–Crippen MR) is 98.1 cm³/mol. The molecule has 27 heavy (non-hydrogen) atoms. The number of H-pyrrole nitrogens is 1. The van der Waals surface area contributed by atoms with Crippen LogP contribution in [0.3, 0.4) is 0 Å². The molecule has 2 heterocycles. The van der Waals surface area contributed by atoms with E-state index in [9.17, 15) is 4.79 Å². The van der Waals surface area contributed by atoms with Gasteiger partial charge in [-0.2, -0.15) is 9.97 Å². The van der Waals surface area contributed by atoms with Crippen LogP contribution in [0.25, 0.3) is 22.4 Å². The number of para-hydroxylation sites is 1. The van der Waals surface area contributed by atoms with E-state index in [0.717, 1.165) is 16.6 Å². The third-order valence-corrected chi connectivity index (χ3v) is 3.91. The molecule has 2 N–H and O–H groups in total. The Morgan fingerprint density at radius 2 is 2.00 bits per heavy atom.